The Morgan fingerprint density at radius 1 is 1.17 bits per heavy atom. The fourth-order valence-corrected chi connectivity index (χ4v) is 4.19. The summed E-state index contributed by atoms with van der Waals surface area (Å²) in [6.07, 6.45) is 3.44. The van der Waals surface area contributed by atoms with E-state index < -0.39 is 9.84 Å². The Hall–Kier alpha value is -1.20. The Bertz CT molecular complexity index is 528. The molecule has 0 spiro atoms. The van der Waals surface area contributed by atoms with E-state index in [-0.39, 0.29) is 17.6 Å². The molecule has 0 bridgehead atoms. The van der Waals surface area contributed by atoms with Crippen molar-refractivity contribution in [3.63, 3.8) is 0 Å². The molecule has 0 heterocycles. The lowest BCUT2D eigenvalue weighted by atomic mass is 10.1. The van der Waals surface area contributed by atoms with Gasteiger partial charge in [-0.25, -0.2) is 8.42 Å². The predicted octanol–water partition coefficient (Wildman–Crippen LogP) is 1.54. The van der Waals surface area contributed by atoms with Crippen molar-refractivity contribution in [1.82, 2.24) is 0 Å². The molecular weight excluding hydrogens is 250 g/mol. The van der Waals surface area contributed by atoms with Gasteiger partial charge < -0.3 is 5.73 Å². The van der Waals surface area contributed by atoms with Crippen LogP contribution in [0.1, 0.15) is 36.0 Å². The molecule has 1 fully saturated rings. The van der Waals surface area contributed by atoms with Gasteiger partial charge in [0.1, 0.15) is 0 Å². The van der Waals surface area contributed by atoms with E-state index in [1.807, 2.05) is 0 Å². The molecular formula is C13H17NO3S. The zero-order chi connectivity index (χ0) is 13.2. The van der Waals surface area contributed by atoms with Crippen LogP contribution < -0.4 is 5.73 Å². The van der Waals surface area contributed by atoms with Gasteiger partial charge in [0.2, 0.25) is 0 Å². The number of benzene rings is 1. The molecule has 5 heteroatoms. The van der Waals surface area contributed by atoms with Gasteiger partial charge in [0.15, 0.2) is 15.6 Å². The Labute approximate surface area is 107 Å². The number of carbonyl (C=O) groups excluding carboxylic acids is 1. The lowest BCUT2D eigenvalue weighted by molar-refractivity contribution is 0.100. The number of Topliss-reactive ketones (excluding diaryl/α,β-unsaturated/α-hetero) is 1. The molecule has 1 aromatic rings. The first kappa shape index (κ1) is 13.2. The van der Waals surface area contributed by atoms with Crippen LogP contribution in [-0.4, -0.2) is 26.0 Å². The first-order chi connectivity index (χ1) is 8.55. The largest absolute Gasteiger partial charge is 0.324 e. The maximum atomic E-state index is 12.3. The van der Waals surface area contributed by atoms with Crippen LogP contribution in [0.25, 0.3) is 0 Å². The van der Waals surface area contributed by atoms with E-state index in [1.54, 1.807) is 0 Å². The molecule has 0 atom stereocenters. The van der Waals surface area contributed by atoms with Crippen molar-refractivity contribution in [1.29, 1.82) is 0 Å². The topological polar surface area (TPSA) is 77.2 Å². The monoisotopic (exact) mass is 267 g/mol. The van der Waals surface area contributed by atoms with E-state index in [0.717, 1.165) is 25.7 Å². The average molecular weight is 267 g/mol. The van der Waals surface area contributed by atoms with Gasteiger partial charge in [0.05, 0.1) is 16.7 Å². The lowest BCUT2D eigenvalue weighted by Gasteiger charge is -2.11. The van der Waals surface area contributed by atoms with Gasteiger partial charge in [-0.3, -0.25) is 4.79 Å². The highest BCUT2D eigenvalue weighted by Gasteiger charge is 2.30. The molecule has 2 N–H and O–H groups in total. The molecule has 1 aromatic carbocycles. The van der Waals surface area contributed by atoms with Gasteiger partial charge in [-0.15, -0.1) is 0 Å². The van der Waals surface area contributed by atoms with Crippen molar-refractivity contribution >= 4 is 15.6 Å². The molecule has 1 saturated carbocycles. The second-order valence-electron chi connectivity index (χ2n) is 4.60. The van der Waals surface area contributed by atoms with Crippen molar-refractivity contribution < 1.29 is 13.2 Å². The van der Waals surface area contributed by atoms with Gasteiger partial charge in [0.25, 0.3) is 0 Å². The van der Waals surface area contributed by atoms with Gasteiger partial charge in [-0.2, -0.15) is 0 Å². The molecule has 1 aliphatic rings. The van der Waals surface area contributed by atoms with E-state index in [4.69, 9.17) is 5.73 Å². The fourth-order valence-electron chi connectivity index (χ4n) is 2.34. The van der Waals surface area contributed by atoms with Gasteiger partial charge >= 0.3 is 0 Å². The summed E-state index contributed by atoms with van der Waals surface area (Å²) in [4.78, 5) is 11.7. The molecule has 0 radical (unpaired) electrons. The van der Waals surface area contributed by atoms with Gasteiger partial charge in [0, 0.05) is 5.56 Å². The average Bonchev–Trinajstić information content (AvgIpc) is 2.92. The van der Waals surface area contributed by atoms with Gasteiger partial charge in [-0.1, -0.05) is 25.0 Å². The Balaban J connectivity index is 2.26. The van der Waals surface area contributed by atoms with Crippen LogP contribution >= 0.6 is 0 Å². The highest BCUT2D eigenvalue weighted by molar-refractivity contribution is 7.92. The predicted molar refractivity (Wildman–Crippen MR) is 69.3 cm³/mol. The SMILES string of the molecule is NCC(=O)c1ccc(S(=O)(=O)C2CCCC2)cc1. The second-order valence-corrected chi connectivity index (χ2v) is 6.83. The van der Waals surface area contributed by atoms with E-state index >= 15 is 0 Å². The highest BCUT2D eigenvalue weighted by atomic mass is 32.2. The molecule has 0 amide bonds. The zero-order valence-electron chi connectivity index (χ0n) is 10.1. The van der Waals surface area contributed by atoms with Crippen LogP contribution in [0.5, 0.6) is 0 Å². The van der Waals surface area contributed by atoms with E-state index in [0.29, 0.717) is 10.5 Å². The van der Waals surface area contributed by atoms with Gasteiger partial charge in [-0.05, 0) is 25.0 Å². The Morgan fingerprint density at radius 2 is 1.72 bits per heavy atom. The number of nitrogens with two attached hydrogens (primary N) is 1. The first-order valence-corrected chi connectivity index (χ1v) is 7.67. The number of hydrogen-bond acceptors (Lipinski definition) is 4. The summed E-state index contributed by atoms with van der Waals surface area (Å²) in [6, 6.07) is 6.10. The molecule has 0 saturated heterocycles. The quantitative estimate of drug-likeness (QED) is 0.839. The number of carbonyl (C=O) groups is 1. The Kier molecular flexibility index (Phi) is 3.82. The number of hydrogen-bond donors (Lipinski definition) is 1. The summed E-state index contributed by atoms with van der Waals surface area (Å²) in [5.74, 6) is -0.181. The summed E-state index contributed by atoms with van der Waals surface area (Å²) >= 11 is 0. The summed E-state index contributed by atoms with van der Waals surface area (Å²) in [5, 5.41) is -0.256. The fraction of sp³-hybridized carbons (Fsp3) is 0.462. The highest BCUT2D eigenvalue weighted by Crippen LogP contribution is 2.29. The number of sulfone groups is 1. The van der Waals surface area contributed by atoms with Crippen LogP contribution in [0.15, 0.2) is 29.2 Å². The zero-order valence-corrected chi connectivity index (χ0v) is 10.9. The van der Waals surface area contributed by atoms with Crippen molar-refractivity contribution in [2.75, 3.05) is 6.54 Å². The molecule has 18 heavy (non-hydrogen) atoms. The third-order valence-electron chi connectivity index (χ3n) is 3.43. The van der Waals surface area contributed by atoms with Crippen LogP contribution in [0, 0.1) is 0 Å². The maximum Gasteiger partial charge on any atom is 0.181 e. The van der Waals surface area contributed by atoms with E-state index in [9.17, 15) is 13.2 Å². The number of rotatable bonds is 4. The summed E-state index contributed by atoms with van der Waals surface area (Å²) < 4.78 is 24.6. The molecule has 4 nitrogen and oxygen atoms in total. The minimum atomic E-state index is -3.23. The smallest absolute Gasteiger partial charge is 0.181 e. The minimum Gasteiger partial charge on any atom is -0.324 e. The van der Waals surface area contributed by atoms with E-state index in [2.05, 4.69) is 0 Å². The lowest BCUT2D eigenvalue weighted by Crippen LogP contribution is -2.18. The molecule has 0 unspecified atom stereocenters. The summed E-state index contributed by atoms with van der Waals surface area (Å²) in [5.41, 5.74) is 5.72. The maximum absolute atomic E-state index is 12.3. The molecule has 0 aliphatic heterocycles. The van der Waals surface area contributed by atoms with Crippen molar-refractivity contribution in [3.8, 4) is 0 Å². The van der Waals surface area contributed by atoms with Crippen molar-refractivity contribution in [2.45, 2.75) is 35.8 Å². The third-order valence-corrected chi connectivity index (χ3v) is 5.71. The second kappa shape index (κ2) is 5.20. The van der Waals surface area contributed by atoms with Crippen LogP contribution in [0.4, 0.5) is 0 Å². The molecule has 1 aliphatic carbocycles. The van der Waals surface area contributed by atoms with Crippen LogP contribution in [0.2, 0.25) is 0 Å². The molecule has 2 rings (SSSR count). The normalized spacial score (nSPS) is 16.9. The Morgan fingerprint density at radius 3 is 2.22 bits per heavy atom. The minimum absolute atomic E-state index is 0.0608. The summed E-state index contributed by atoms with van der Waals surface area (Å²) in [6.45, 7) is -0.0608. The van der Waals surface area contributed by atoms with Crippen molar-refractivity contribution in [3.05, 3.63) is 29.8 Å². The standard InChI is InChI=1S/C13H17NO3S/c14-9-13(15)10-5-7-12(8-6-10)18(16,17)11-3-1-2-4-11/h5-8,11H,1-4,9,14H2. The first-order valence-electron chi connectivity index (χ1n) is 6.13. The molecule has 98 valence electrons. The van der Waals surface area contributed by atoms with Crippen LogP contribution in [0.3, 0.4) is 0 Å². The third kappa shape index (κ3) is 2.47. The summed E-state index contributed by atoms with van der Waals surface area (Å²) in [7, 11) is -3.23. The molecule has 0 aromatic heterocycles. The van der Waals surface area contributed by atoms with Crippen LogP contribution in [-0.2, 0) is 9.84 Å². The van der Waals surface area contributed by atoms with E-state index in [1.165, 1.54) is 24.3 Å². The van der Waals surface area contributed by atoms with Crippen molar-refractivity contribution in [2.24, 2.45) is 5.73 Å². The number of ketones is 1.